The smallest absolute Gasteiger partial charge is 0.419 e. The highest BCUT2D eigenvalue weighted by atomic mass is 35.5. The van der Waals surface area contributed by atoms with Crippen molar-refractivity contribution < 1.29 is 22.4 Å². The van der Waals surface area contributed by atoms with Gasteiger partial charge in [-0.05, 0) is 42.5 Å². The van der Waals surface area contributed by atoms with Crippen LogP contribution in [0, 0.1) is 0 Å². The molecule has 0 spiro atoms. The Labute approximate surface area is 199 Å². The lowest BCUT2D eigenvalue weighted by atomic mass is 9.89. The van der Waals surface area contributed by atoms with Crippen molar-refractivity contribution in [2.45, 2.75) is 24.9 Å². The molecule has 0 atom stereocenters. The molecule has 1 aromatic carbocycles. The second kappa shape index (κ2) is 8.75. The summed E-state index contributed by atoms with van der Waals surface area (Å²) in [7, 11) is 0. The zero-order valence-corrected chi connectivity index (χ0v) is 18.7. The van der Waals surface area contributed by atoms with Crippen LogP contribution in [0.15, 0.2) is 99.4 Å². The summed E-state index contributed by atoms with van der Waals surface area (Å²) in [5, 5.41) is -0.0835. The third kappa shape index (κ3) is 4.13. The van der Waals surface area contributed by atoms with Gasteiger partial charge in [0.25, 0.3) is 5.91 Å². The van der Waals surface area contributed by atoms with Crippen molar-refractivity contribution in [3.63, 3.8) is 0 Å². The fourth-order valence-electron chi connectivity index (χ4n) is 4.49. The van der Waals surface area contributed by atoms with E-state index in [0.29, 0.717) is 24.6 Å². The van der Waals surface area contributed by atoms with Gasteiger partial charge in [0.1, 0.15) is 10.9 Å². The molecule has 2 aromatic rings. The number of likely N-dealkylation sites (tertiary alicyclic amines) is 1. The quantitative estimate of drug-likeness (QED) is 0.377. The van der Waals surface area contributed by atoms with Crippen LogP contribution >= 0.6 is 11.6 Å². The number of carbonyl (C=O) groups excluding carboxylic acids is 1. The monoisotopic (exact) mass is 484 g/mol. The van der Waals surface area contributed by atoms with Gasteiger partial charge in [-0.2, -0.15) is 13.2 Å². The van der Waals surface area contributed by atoms with Gasteiger partial charge in [-0.15, -0.1) is 0 Å². The first-order valence-corrected chi connectivity index (χ1v) is 11.2. The van der Waals surface area contributed by atoms with E-state index >= 15 is 0 Å². The van der Waals surface area contributed by atoms with Crippen molar-refractivity contribution in [2.24, 2.45) is 0 Å². The van der Waals surface area contributed by atoms with E-state index in [1.54, 1.807) is 11.0 Å². The van der Waals surface area contributed by atoms with Crippen LogP contribution in [0.5, 0.6) is 0 Å². The predicted octanol–water partition coefficient (Wildman–Crippen LogP) is 6.33. The van der Waals surface area contributed by atoms with Crippen LogP contribution in [0.25, 0.3) is 5.57 Å². The summed E-state index contributed by atoms with van der Waals surface area (Å²) in [5.41, 5.74) is 3.61. The van der Waals surface area contributed by atoms with Crippen LogP contribution in [-0.4, -0.2) is 35.0 Å². The van der Waals surface area contributed by atoms with E-state index in [-0.39, 0.29) is 27.9 Å². The van der Waals surface area contributed by atoms with Gasteiger partial charge in [-0.3, -0.25) is 9.69 Å². The van der Waals surface area contributed by atoms with Gasteiger partial charge in [0, 0.05) is 30.4 Å². The zero-order valence-electron chi connectivity index (χ0n) is 18.0. The van der Waals surface area contributed by atoms with Gasteiger partial charge in [0.05, 0.1) is 23.7 Å². The molecule has 0 bridgehead atoms. The first kappa shape index (κ1) is 22.4. The summed E-state index contributed by atoms with van der Waals surface area (Å²) in [6.45, 7) is 1.08. The number of allylic oxidation sites excluding steroid dienone is 2. The SMILES string of the molecule is O=C(C1=C(Cl)N2C=C(c3ccoc3)C=C(C(F)(F)F)C2=C=C1)N1CCC(c2ccccc2)CC1. The van der Waals surface area contributed by atoms with Crippen molar-refractivity contribution in [2.75, 3.05) is 13.1 Å². The third-order valence-corrected chi connectivity index (χ3v) is 6.68. The molecule has 0 N–H and O–H groups in total. The first-order chi connectivity index (χ1) is 16.3. The Bertz CT molecular complexity index is 1260. The number of hydrogen-bond acceptors (Lipinski definition) is 3. The Kier molecular flexibility index (Phi) is 5.76. The standard InChI is InChI=1S/C26H20ClF3N2O2/c27-24-21(25(33)31-11-8-18(9-12-31)17-4-2-1-3-5-17)6-7-23-22(26(28,29)30)14-20(15-32(23)24)19-10-13-34-16-19/h1-6,10,13-16,18H,8-9,11-12H2. The minimum Gasteiger partial charge on any atom is -0.472 e. The molecule has 3 aliphatic heterocycles. The summed E-state index contributed by atoms with van der Waals surface area (Å²) in [4.78, 5) is 16.2. The number of hydrogen-bond donors (Lipinski definition) is 0. The number of rotatable bonds is 3. The summed E-state index contributed by atoms with van der Waals surface area (Å²) in [5.74, 6) is 0.0505. The van der Waals surface area contributed by atoms with E-state index in [0.717, 1.165) is 18.9 Å². The Hall–Kier alpha value is -3.41. The van der Waals surface area contributed by atoms with Gasteiger partial charge in [0.15, 0.2) is 0 Å². The maximum Gasteiger partial charge on any atom is 0.419 e. The van der Waals surface area contributed by atoms with Crippen LogP contribution in [0.3, 0.4) is 0 Å². The summed E-state index contributed by atoms with van der Waals surface area (Å²) in [6.07, 6.45) is 3.47. The number of alkyl halides is 3. The summed E-state index contributed by atoms with van der Waals surface area (Å²) >= 11 is 6.54. The second-order valence-corrected chi connectivity index (χ2v) is 8.70. The van der Waals surface area contributed by atoms with Gasteiger partial charge in [0.2, 0.25) is 0 Å². The average molecular weight is 485 g/mol. The molecule has 1 aromatic heterocycles. The van der Waals surface area contributed by atoms with E-state index in [1.165, 1.54) is 35.3 Å². The molecule has 8 heteroatoms. The predicted molar refractivity (Wildman–Crippen MR) is 122 cm³/mol. The largest absolute Gasteiger partial charge is 0.472 e. The van der Waals surface area contributed by atoms with Crippen LogP contribution in [0.4, 0.5) is 13.2 Å². The lowest BCUT2D eigenvalue weighted by Gasteiger charge is -2.35. The molecule has 0 unspecified atom stereocenters. The maximum absolute atomic E-state index is 13.8. The van der Waals surface area contributed by atoms with Crippen molar-refractivity contribution in [1.29, 1.82) is 0 Å². The Balaban J connectivity index is 1.42. The third-order valence-electron chi connectivity index (χ3n) is 6.29. The number of benzene rings is 1. The average Bonchev–Trinajstić information content (AvgIpc) is 3.39. The maximum atomic E-state index is 13.8. The molecule has 4 nitrogen and oxygen atoms in total. The van der Waals surface area contributed by atoms with Gasteiger partial charge < -0.3 is 9.32 Å². The fourth-order valence-corrected chi connectivity index (χ4v) is 4.76. The van der Waals surface area contributed by atoms with E-state index in [9.17, 15) is 18.0 Å². The molecular weight excluding hydrogens is 465 g/mol. The summed E-state index contributed by atoms with van der Waals surface area (Å²) in [6, 6.07) is 11.7. The van der Waals surface area contributed by atoms with E-state index in [2.05, 4.69) is 17.9 Å². The van der Waals surface area contributed by atoms with Crippen LogP contribution in [0.2, 0.25) is 0 Å². The molecule has 3 aliphatic rings. The summed E-state index contributed by atoms with van der Waals surface area (Å²) < 4.78 is 46.5. The number of fused-ring (bicyclic) bond motifs is 1. The minimum atomic E-state index is -4.63. The normalized spacial score (nSPS) is 19.0. The molecule has 174 valence electrons. The Morgan fingerprint density at radius 3 is 2.50 bits per heavy atom. The second-order valence-electron chi connectivity index (χ2n) is 8.34. The van der Waals surface area contributed by atoms with Crippen molar-refractivity contribution in [1.82, 2.24) is 9.80 Å². The van der Waals surface area contributed by atoms with Gasteiger partial charge >= 0.3 is 6.18 Å². The van der Waals surface area contributed by atoms with Crippen LogP contribution in [0.1, 0.15) is 29.9 Å². The number of furan rings is 1. The molecule has 0 radical (unpaired) electrons. The zero-order chi connectivity index (χ0) is 23.9. The van der Waals surface area contributed by atoms with Gasteiger partial charge in [-0.25, -0.2) is 0 Å². The number of carbonyl (C=O) groups is 1. The molecule has 1 fully saturated rings. The molecular formula is C26H20ClF3N2O2. The minimum absolute atomic E-state index is 0.0835. The number of amides is 1. The highest BCUT2D eigenvalue weighted by Crippen LogP contribution is 2.43. The lowest BCUT2D eigenvalue weighted by Crippen LogP contribution is -2.39. The van der Waals surface area contributed by atoms with Crippen molar-refractivity contribution in [3.8, 4) is 0 Å². The topological polar surface area (TPSA) is 36.7 Å². The number of piperidine rings is 1. The molecule has 0 saturated carbocycles. The fraction of sp³-hybridized carbons (Fsp3) is 0.231. The lowest BCUT2D eigenvalue weighted by molar-refractivity contribution is -0.127. The van der Waals surface area contributed by atoms with Crippen molar-refractivity contribution in [3.05, 3.63) is 106 Å². The molecule has 4 heterocycles. The van der Waals surface area contributed by atoms with Gasteiger partial charge in [-0.1, -0.05) is 47.7 Å². The Morgan fingerprint density at radius 1 is 1.12 bits per heavy atom. The number of halogens is 4. The molecule has 0 aliphatic carbocycles. The van der Waals surface area contributed by atoms with E-state index < -0.39 is 11.7 Å². The highest BCUT2D eigenvalue weighted by Gasteiger charge is 2.42. The highest BCUT2D eigenvalue weighted by molar-refractivity contribution is 6.32. The molecule has 1 saturated heterocycles. The number of nitrogens with zero attached hydrogens (tertiary/aromatic N) is 2. The van der Waals surface area contributed by atoms with Crippen LogP contribution < -0.4 is 0 Å². The first-order valence-electron chi connectivity index (χ1n) is 10.9. The van der Waals surface area contributed by atoms with Crippen LogP contribution in [-0.2, 0) is 4.79 Å². The Morgan fingerprint density at radius 2 is 1.85 bits per heavy atom. The molecule has 1 amide bonds. The molecule has 34 heavy (non-hydrogen) atoms. The van der Waals surface area contributed by atoms with Crippen molar-refractivity contribution >= 4 is 23.1 Å². The van der Waals surface area contributed by atoms with E-state index in [1.807, 2.05) is 18.2 Å². The molecule has 5 rings (SSSR count). The van der Waals surface area contributed by atoms with E-state index in [4.69, 9.17) is 16.0 Å².